The molecular formula is C19H17F3N4O3. The summed E-state index contributed by atoms with van der Waals surface area (Å²) >= 11 is 0. The summed E-state index contributed by atoms with van der Waals surface area (Å²) in [5.41, 5.74) is 1.41. The van der Waals surface area contributed by atoms with E-state index in [0.29, 0.717) is 23.4 Å². The number of carbonyl (C=O) groups is 1. The quantitative estimate of drug-likeness (QED) is 0.663. The fourth-order valence-electron chi connectivity index (χ4n) is 2.37. The molecule has 0 aliphatic heterocycles. The van der Waals surface area contributed by atoms with Gasteiger partial charge in [0.15, 0.2) is 5.82 Å². The molecule has 0 unspecified atom stereocenters. The van der Waals surface area contributed by atoms with Crippen LogP contribution in [0.25, 0.3) is 22.6 Å². The van der Waals surface area contributed by atoms with Gasteiger partial charge in [0.2, 0.25) is 0 Å². The van der Waals surface area contributed by atoms with Gasteiger partial charge in [0.25, 0.3) is 5.91 Å². The SMILES string of the molecule is CC(C)CNC(=O)c1cc(-c2ccc(OC(F)(F)F)cc2)nc(-c2cnoc2)n1. The number of alkyl halides is 3. The molecule has 2 heterocycles. The highest BCUT2D eigenvalue weighted by Gasteiger charge is 2.31. The van der Waals surface area contributed by atoms with Gasteiger partial charge in [-0.05, 0) is 36.2 Å². The third-order valence-corrected chi connectivity index (χ3v) is 3.70. The van der Waals surface area contributed by atoms with Gasteiger partial charge in [0, 0.05) is 12.1 Å². The van der Waals surface area contributed by atoms with E-state index in [9.17, 15) is 18.0 Å². The van der Waals surface area contributed by atoms with Gasteiger partial charge in [0.1, 0.15) is 17.7 Å². The summed E-state index contributed by atoms with van der Waals surface area (Å²) in [6, 6.07) is 6.63. The molecule has 0 saturated carbocycles. The summed E-state index contributed by atoms with van der Waals surface area (Å²) in [5.74, 6) is -0.297. The van der Waals surface area contributed by atoms with Crippen LogP contribution in [0.1, 0.15) is 24.3 Å². The summed E-state index contributed by atoms with van der Waals surface area (Å²) in [6.07, 6.45) is -2.05. The smallest absolute Gasteiger partial charge is 0.406 e. The van der Waals surface area contributed by atoms with Crippen molar-refractivity contribution in [1.82, 2.24) is 20.4 Å². The van der Waals surface area contributed by atoms with Gasteiger partial charge in [0.05, 0.1) is 17.5 Å². The standard InChI is InChI=1S/C19H17F3N4O3/c1-11(2)8-23-18(27)16-7-15(25-17(26-16)13-9-24-28-10-13)12-3-5-14(6-4-12)29-19(20,21)22/h3-7,9-11H,8H2,1-2H3,(H,23,27). The Morgan fingerprint density at radius 1 is 1.17 bits per heavy atom. The molecule has 1 N–H and O–H groups in total. The molecule has 3 aromatic rings. The molecule has 0 aliphatic rings. The lowest BCUT2D eigenvalue weighted by molar-refractivity contribution is -0.274. The van der Waals surface area contributed by atoms with Crippen LogP contribution in [-0.2, 0) is 0 Å². The monoisotopic (exact) mass is 406 g/mol. The molecule has 1 aromatic carbocycles. The zero-order valence-corrected chi connectivity index (χ0v) is 15.5. The average molecular weight is 406 g/mol. The number of rotatable bonds is 6. The minimum Gasteiger partial charge on any atom is -0.406 e. The van der Waals surface area contributed by atoms with E-state index in [1.807, 2.05) is 13.8 Å². The highest BCUT2D eigenvalue weighted by Crippen LogP contribution is 2.27. The summed E-state index contributed by atoms with van der Waals surface area (Å²) in [6.45, 7) is 4.38. The largest absolute Gasteiger partial charge is 0.573 e. The number of nitrogens with one attached hydrogen (secondary N) is 1. The fourth-order valence-corrected chi connectivity index (χ4v) is 2.37. The maximum Gasteiger partial charge on any atom is 0.573 e. The van der Waals surface area contributed by atoms with E-state index in [4.69, 9.17) is 4.52 Å². The normalized spacial score (nSPS) is 11.5. The number of carbonyl (C=O) groups excluding carboxylic acids is 1. The van der Waals surface area contributed by atoms with Crippen LogP contribution in [0.15, 0.2) is 47.3 Å². The molecule has 1 amide bonds. The zero-order valence-electron chi connectivity index (χ0n) is 15.5. The van der Waals surface area contributed by atoms with E-state index in [0.717, 1.165) is 0 Å². The first-order valence-electron chi connectivity index (χ1n) is 8.64. The number of ether oxygens (including phenoxy) is 1. The van der Waals surface area contributed by atoms with Gasteiger partial charge < -0.3 is 14.6 Å². The average Bonchev–Trinajstić information content (AvgIpc) is 3.20. The van der Waals surface area contributed by atoms with Gasteiger partial charge in [-0.2, -0.15) is 0 Å². The Labute approximate surface area is 163 Å². The van der Waals surface area contributed by atoms with Crippen LogP contribution in [0, 0.1) is 5.92 Å². The Kier molecular flexibility index (Phi) is 5.81. The predicted molar refractivity (Wildman–Crippen MR) is 96.8 cm³/mol. The number of hydrogen-bond donors (Lipinski definition) is 1. The van der Waals surface area contributed by atoms with Crippen LogP contribution >= 0.6 is 0 Å². The predicted octanol–water partition coefficient (Wildman–Crippen LogP) is 4.08. The van der Waals surface area contributed by atoms with E-state index in [1.54, 1.807) is 0 Å². The highest BCUT2D eigenvalue weighted by atomic mass is 19.4. The van der Waals surface area contributed by atoms with E-state index < -0.39 is 12.3 Å². The molecule has 10 heteroatoms. The molecule has 0 bridgehead atoms. The lowest BCUT2D eigenvalue weighted by atomic mass is 10.1. The zero-order chi connectivity index (χ0) is 21.0. The van der Waals surface area contributed by atoms with Crippen molar-refractivity contribution in [3.63, 3.8) is 0 Å². The van der Waals surface area contributed by atoms with E-state index in [-0.39, 0.29) is 23.2 Å². The Balaban J connectivity index is 1.96. The van der Waals surface area contributed by atoms with Crippen molar-refractivity contribution in [3.05, 3.63) is 48.5 Å². The van der Waals surface area contributed by atoms with Crippen molar-refractivity contribution in [1.29, 1.82) is 0 Å². The van der Waals surface area contributed by atoms with Gasteiger partial charge in [-0.1, -0.05) is 19.0 Å². The first-order chi connectivity index (χ1) is 13.7. The Hall–Kier alpha value is -3.43. The molecule has 3 rings (SSSR count). The van der Waals surface area contributed by atoms with Crippen LogP contribution in [0.5, 0.6) is 5.75 Å². The van der Waals surface area contributed by atoms with Gasteiger partial charge in [-0.3, -0.25) is 4.79 Å². The second kappa shape index (κ2) is 8.29. The van der Waals surface area contributed by atoms with Gasteiger partial charge in [-0.15, -0.1) is 13.2 Å². The third-order valence-electron chi connectivity index (χ3n) is 3.70. The van der Waals surface area contributed by atoms with Crippen molar-refractivity contribution in [2.24, 2.45) is 5.92 Å². The maximum absolute atomic E-state index is 12.5. The molecule has 29 heavy (non-hydrogen) atoms. The summed E-state index contributed by atoms with van der Waals surface area (Å²) in [7, 11) is 0. The van der Waals surface area contributed by atoms with Crippen LogP contribution in [-0.4, -0.2) is 33.9 Å². The maximum atomic E-state index is 12.5. The molecule has 0 saturated heterocycles. The van der Waals surface area contributed by atoms with Crippen molar-refractivity contribution < 1.29 is 27.2 Å². The van der Waals surface area contributed by atoms with Crippen LogP contribution in [0.2, 0.25) is 0 Å². The van der Waals surface area contributed by atoms with Gasteiger partial charge in [-0.25, -0.2) is 9.97 Å². The minimum atomic E-state index is -4.78. The van der Waals surface area contributed by atoms with Crippen molar-refractivity contribution in [2.75, 3.05) is 6.54 Å². The Morgan fingerprint density at radius 2 is 1.90 bits per heavy atom. The van der Waals surface area contributed by atoms with E-state index in [1.165, 1.54) is 42.8 Å². The summed E-state index contributed by atoms with van der Waals surface area (Å²) < 4.78 is 45.7. The highest BCUT2D eigenvalue weighted by molar-refractivity contribution is 5.93. The number of halogens is 3. The molecule has 7 nitrogen and oxygen atoms in total. The molecule has 0 spiro atoms. The number of aromatic nitrogens is 3. The fraction of sp³-hybridized carbons (Fsp3) is 0.263. The summed E-state index contributed by atoms with van der Waals surface area (Å²) in [5, 5.41) is 6.37. The topological polar surface area (TPSA) is 90.1 Å². The second-order valence-corrected chi connectivity index (χ2v) is 6.55. The van der Waals surface area contributed by atoms with Crippen molar-refractivity contribution in [2.45, 2.75) is 20.2 Å². The molecule has 0 aliphatic carbocycles. The van der Waals surface area contributed by atoms with E-state index in [2.05, 4.69) is 25.2 Å². The lowest BCUT2D eigenvalue weighted by Crippen LogP contribution is -2.28. The van der Waals surface area contributed by atoms with E-state index >= 15 is 0 Å². The molecule has 0 radical (unpaired) electrons. The van der Waals surface area contributed by atoms with Crippen LogP contribution in [0.4, 0.5) is 13.2 Å². The van der Waals surface area contributed by atoms with Crippen molar-refractivity contribution in [3.8, 4) is 28.4 Å². The van der Waals surface area contributed by atoms with Crippen LogP contribution < -0.4 is 10.1 Å². The first-order valence-corrected chi connectivity index (χ1v) is 8.64. The number of nitrogens with zero attached hydrogens (tertiary/aromatic N) is 3. The molecule has 0 atom stereocenters. The lowest BCUT2D eigenvalue weighted by Gasteiger charge is -2.11. The second-order valence-electron chi connectivity index (χ2n) is 6.55. The minimum absolute atomic E-state index is 0.113. The Bertz CT molecular complexity index is 971. The Morgan fingerprint density at radius 3 is 2.48 bits per heavy atom. The summed E-state index contributed by atoms with van der Waals surface area (Å²) in [4.78, 5) is 21.1. The number of benzene rings is 1. The first kappa shape index (κ1) is 20.3. The number of hydrogen-bond acceptors (Lipinski definition) is 6. The molecule has 152 valence electrons. The van der Waals surface area contributed by atoms with Crippen molar-refractivity contribution >= 4 is 5.91 Å². The number of amides is 1. The molecule has 0 fully saturated rings. The molecular weight excluding hydrogens is 389 g/mol. The van der Waals surface area contributed by atoms with Crippen LogP contribution in [0.3, 0.4) is 0 Å². The third kappa shape index (κ3) is 5.53. The molecule has 2 aromatic heterocycles. The van der Waals surface area contributed by atoms with Gasteiger partial charge >= 0.3 is 6.36 Å².